The summed E-state index contributed by atoms with van der Waals surface area (Å²) in [7, 11) is 0. The Labute approximate surface area is 119 Å². The van der Waals surface area contributed by atoms with E-state index in [4.69, 9.17) is 5.11 Å². The van der Waals surface area contributed by atoms with Gasteiger partial charge in [0.1, 0.15) is 6.07 Å². The highest BCUT2D eigenvalue weighted by Gasteiger charge is 2.09. The van der Waals surface area contributed by atoms with Crippen LogP contribution in [-0.4, -0.2) is 24.2 Å². The van der Waals surface area contributed by atoms with Crippen LogP contribution in [0, 0.1) is 11.3 Å². The fourth-order valence-electron chi connectivity index (χ4n) is 1.93. The lowest BCUT2D eigenvalue weighted by Crippen LogP contribution is -2.24. The first-order chi connectivity index (χ1) is 9.62. The van der Waals surface area contributed by atoms with Crippen LogP contribution in [0.15, 0.2) is 36.9 Å². The molecule has 0 bridgehead atoms. The van der Waals surface area contributed by atoms with Gasteiger partial charge in [-0.3, -0.25) is 0 Å². The van der Waals surface area contributed by atoms with E-state index in [0.717, 1.165) is 24.7 Å². The molecule has 1 aromatic carbocycles. The third-order valence-electron chi connectivity index (χ3n) is 2.74. The molecule has 0 aliphatic carbocycles. The summed E-state index contributed by atoms with van der Waals surface area (Å²) in [5, 5.41) is 17.9. The number of aliphatic carboxylic acids is 1. The highest BCUT2D eigenvalue weighted by molar-refractivity contribution is 5.85. The van der Waals surface area contributed by atoms with Crippen molar-refractivity contribution < 1.29 is 9.90 Å². The van der Waals surface area contributed by atoms with Crippen molar-refractivity contribution in [3.8, 4) is 6.07 Å². The molecule has 4 heteroatoms. The molecule has 0 aliphatic heterocycles. The van der Waals surface area contributed by atoms with Crippen molar-refractivity contribution >= 4 is 17.7 Å². The van der Waals surface area contributed by atoms with Crippen LogP contribution in [0.1, 0.15) is 24.5 Å². The summed E-state index contributed by atoms with van der Waals surface area (Å²) in [5.74, 6) is -1.01. The Morgan fingerprint density at radius 2 is 2.30 bits per heavy atom. The van der Waals surface area contributed by atoms with Crippen LogP contribution in [0.25, 0.3) is 6.08 Å². The minimum absolute atomic E-state index is 0.535. The molecule has 0 radical (unpaired) electrons. The second kappa shape index (κ2) is 7.80. The number of nitrogens with zero attached hydrogens (tertiary/aromatic N) is 2. The second-order valence-electron chi connectivity index (χ2n) is 4.29. The van der Waals surface area contributed by atoms with Crippen LogP contribution >= 0.6 is 0 Å². The standard InChI is InChI=1S/C16H18N2O2/c1-3-9-18(10-4-2)15-7-5-13(6-8-16(19)20)11-14(15)12-17/h3,5-8,11H,1,4,9-10H2,2H3,(H,19,20)/b8-6+. The van der Waals surface area contributed by atoms with Crippen molar-refractivity contribution in [3.63, 3.8) is 0 Å². The molecule has 0 saturated carbocycles. The van der Waals surface area contributed by atoms with Crippen LogP contribution in [0.5, 0.6) is 0 Å². The SMILES string of the molecule is C=CCN(CCC)c1ccc(/C=C/C(=O)O)cc1C#N. The molecular weight excluding hydrogens is 252 g/mol. The lowest BCUT2D eigenvalue weighted by molar-refractivity contribution is -0.131. The minimum atomic E-state index is -1.01. The topological polar surface area (TPSA) is 64.3 Å². The van der Waals surface area contributed by atoms with Gasteiger partial charge in [0.15, 0.2) is 0 Å². The van der Waals surface area contributed by atoms with E-state index in [1.54, 1.807) is 18.2 Å². The van der Waals surface area contributed by atoms with Crippen molar-refractivity contribution in [1.29, 1.82) is 5.26 Å². The summed E-state index contributed by atoms with van der Waals surface area (Å²) in [6.45, 7) is 7.32. The molecule has 0 saturated heterocycles. The zero-order valence-corrected chi connectivity index (χ0v) is 11.5. The minimum Gasteiger partial charge on any atom is -0.478 e. The Kier molecular flexibility index (Phi) is 6.05. The second-order valence-corrected chi connectivity index (χ2v) is 4.29. The zero-order chi connectivity index (χ0) is 15.0. The maximum absolute atomic E-state index is 10.5. The normalized spacial score (nSPS) is 10.2. The Hall–Kier alpha value is -2.54. The fourth-order valence-corrected chi connectivity index (χ4v) is 1.93. The smallest absolute Gasteiger partial charge is 0.328 e. The Bertz CT molecular complexity index is 556. The van der Waals surface area contributed by atoms with E-state index < -0.39 is 5.97 Å². The Morgan fingerprint density at radius 1 is 1.55 bits per heavy atom. The molecule has 0 unspecified atom stereocenters. The van der Waals surface area contributed by atoms with E-state index in [1.165, 1.54) is 6.08 Å². The number of benzene rings is 1. The van der Waals surface area contributed by atoms with E-state index >= 15 is 0 Å². The maximum Gasteiger partial charge on any atom is 0.328 e. The first kappa shape index (κ1) is 15.5. The van der Waals surface area contributed by atoms with Crippen molar-refractivity contribution in [2.45, 2.75) is 13.3 Å². The van der Waals surface area contributed by atoms with E-state index in [2.05, 4.69) is 24.5 Å². The predicted octanol–water partition coefficient (Wildman–Crippen LogP) is 3.06. The zero-order valence-electron chi connectivity index (χ0n) is 11.5. The molecule has 0 amide bonds. The number of carboxylic acid groups (broad SMARTS) is 1. The molecule has 4 nitrogen and oxygen atoms in total. The van der Waals surface area contributed by atoms with Gasteiger partial charge in [-0.2, -0.15) is 5.26 Å². The molecule has 1 aromatic rings. The third kappa shape index (κ3) is 4.29. The average Bonchev–Trinajstić information content (AvgIpc) is 2.44. The molecule has 1 rings (SSSR count). The number of carbonyl (C=O) groups is 1. The summed E-state index contributed by atoms with van der Waals surface area (Å²) in [4.78, 5) is 12.6. The Morgan fingerprint density at radius 3 is 2.85 bits per heavy atom. The average molecular weight is 270 g/mol. The van der Waals surface area contributed by atoms with Gasteiger partial charge in [0.25, 0.3) is 0 Å². The largest absolute Gasteiger partial charge is 0.478 e. The van der Waals surface area contributed by atoms with Crippen LogP contribution in [-0.2, 0) is 4.79 Å². The van der Waals surface area contributed by atoms with Gasteiger partial charge in [-0.05, 0) is 30.2 Å². The van der Waals surface area contributed by atoms with Crippen LogP contribution in [0.2, 0.25) is 0 Å². The van der Waals surface area contributed by atoms with Crippen molar-refractivity contribution in [1.82, 2.24) is 0 Å². The van der Waals surface area contributed by atoms with E-state index in [0.29, 0.717) is 17.7 Å². The van der Waals surface area contributed by atoms with E-state index in [-0.39, 0.29) is 0 Å². The van der Waals surface area contributed by atoms with Crippen LogP contribution in [0.3, 0.4) is 0 Å². The molecule has 1 N–H and O–H groups in total. The summed E-state index contributed by atoms with van der Waals surface area (Å²) in [6.07, 6.45) is 5.31. The maximum atomic E-state index is 10.5. The molecule has 104 valence electrons. The molecule has 0 aliphatic rings. The lowest BCUT2D eigenvalue weighted by atomic mass is 10.1. The summed E-state index contributed by atoms with van der Waals surface area (Å²) in [5.41, 5.74) is 2.08. The Balaban J connectivity index is 3.12. The number of rotatable bonds is 7. The fraction of sp³-hybridized carbons (Fsp3) is 0.250. The first-order valence-corrected chi connectivity index (χ1v) is 6.43. The molecular formula is C16H18N2O2. The molecule has 20 heavy (non-hydrogen) atoms. The number of carboxylic acids is 1. The lowest BCUT2D eigenvalue weighted by Gasteiger charge is -2.24. The van der Waals surface area contributed by atoms with Gasteiger partial charge in [-0.25, -0.2) is 4.79 Å². The highest BCUT2D eigenvalue weighted by Crippen LogP contribution is 2.22. The number of nitriles is 1. The van der Waals surface area contributed by atoms with E-state index in [1.807, 2.05) is 6.07 Å². The van der Waals surface area contributed by atoms with Gasteiger partial charge in [0.2, 0.25) is 0 Å². The van der Waals surface area contributed by atoms with Gasteiger partial charge >= 0.3 is 5.97 Å². The van der Waals surface area contributed by atoms with Gasteiger partial charge < -0.3 is 10.0 Å². The summed E-state index contributed by atoms with van der Waals surface area (Å²) < 4.78 is 0. The molecule has 0 heterocycles. The van der Waals surface area contributed by atoms with E-state index in [9.17, 15) is 10.1 Å². The number of hydrogen-bond donors (Lipinski definition) is 1. The summed E-state index contributed by atoms with van der Waals surface area (Å²) >= 11 is 0. The molecule has 0 aromatic heterocycles. The van der Waals surface area contributed by atoms with Gasteiger partial charge in [-0.1, -0.05) is 19.1 Å². The molecule has 0 spiro atoms. The van der Waals surface area contributed by atoms with Crippen LogP contribution in [0.4, 0.5) is 5.69 Å². The monoisotopic (exact) mass is 270 g/mol. The number of hydrogen-bond acceptors (Lipinski definition) is 3. The van der Waals surface area contributed by atoms with Gasteiger partial charge in [-0.15, -0.1) is 6.58 Å². The van der Waals surface area contributed by atoms with Gasteiger partial charge in [0, 0.05) is 19.2 Å². The van der Waals surface area contributed by atoms with Crippen molar-refractivity contribution in [3.05, 3.63) is 48.1 Å². The first-order valence-electron chi connectivity index (χ1n) is 6.43. The number of anilines is 1. The van der Waals surface area contributed by atoms with Crippen molar-refractivity contribution in [2.24, 2.45) is 0 Å². The quantitative estimate of drug-likeness (QED) is 0.611. The predicted molar refractivity (Wildman–Crippen MR) is 80.5 cm³/mol. The highest BCUT2D eigenvalue weighted by atomic mass is 16.4. The third-order valence-corrected chi connectivity index (χ3v) is 2.74. The van der Waals surface area contributed by atoms with Gasteiger partial charge in [0.05, 0.1) is 11.3 Å². The molecule has 0 atom stereocenters. The molecule has 0 fully saturated rings. The van der Waals surface area contributed by atoms with Crippen LogP contribution < -0.4 is 4.90 Å². The summed E-state index contributed by atoms with van der Waals surface area (Å²) in [6, 6.07) is 7.51. The van der Waals surface area contributed by atoms with Crippen molar-refractivity contribution in [2.75, 3.05) is 18.0 Å².